The van der Waals surface area contributed by atoms with E-state index in [1.165, 1.54) is 13.8 Å². The van der Waals surface area contributed by atoms with Gasteiger partial charge in [0.05, 0.1) is 6.10 Å². The summed E-state index contributed by atoms with van der Waals surface area (Å²) in [5.74, 6) is -4.60. The lowest BCUT2D eigenvalue weighted by atomic mass is 10.1. The molecule has 0 aliphatic carbocycles. The number of nitrogens with zero attached hydrogens (tertiary/aromatic N) is 1. The largest absolute Gasteiger partial charge is 0.481 e. The van der Waals surface area contributed by atoms with E-state index in [-0.39, 0.29) is 19.4 Å². The fraction of sp³-hybridized carbons (Fsp3) is 0.706. The number of carboxylic acids is 2. The van der Waals surface area contributed by atoms with Gasteiger partial charge in [-0.25, -0.2) is 4.79 Å². The second-order valence-electron chi connectivity index (χ2n) is 7.02. The van der Waals surface area contributed by atoms with Crippen LogP contribution in [0.15, 0.2) is 0 Å². The van der Waals surface area contributed by atoms with Gasteiger partial charge in [-0.1, -0.05) is 0 Å². The summed E-state index contributed by atoms with van der Waals surface area (Å²) in [6.45, 7) is 2.83. The monoisotopic (exact) mass is 416 g/mol. The molecule has 12 nitrogen and oxygen atoms in total. The van der Waals surface area contributed by atoms with Crippen molar-refractivity contribution in [2.45, 2.75) is 69.8 Å². The number of aliphatic carboxylic acids is 2. The van der Waals surface area contributed by atoms with Crippen molar-refractivity contribution in [1.82, 2.24) is 15.5 Å². The zero-order valence-electron chi connectivity index (χ0n) is 16.3. The third kappa shape index (κ3) is 6.98. The number of nitrogens with one attached hydrogen (secondary N) is 2. The molecule has 12 heteroatoms. The molecular weight excluding hydrogens is 388 g/mol. The summed E-state index contributed by atoms with van der Waals surface area (Å²) in [5, 5.41) is 32.1. The summed E-state index contributed by atoms with van der Waals surface area (Å²) in [6.07, 6.45) is -1.05. The minimum absolute atomic E-state index is 0.185. The van der Waals surface area contributed by atoms with E-state index in [4.69, 9.17) is 10.8 Å². The highest BCUT2D eigenvalue weighted by Gasteiger charge is 2.38. The molecule has 0 saturated carbocycles. The molecule has 1 rings (SSSR count). The molecule has 0 spiro atoms. The van der Waals surface area contributed by atoms with Crippen LogP contribution in [0.25, 0.3) is 0 Å². The summed E-state index contributed by atoms with van der Waals surface area (Å²) in [4.78, 5) is 60.4. The highest BCUT2D eigenvalue weighted by molar-refractivity contribution is 5.94. The summed E-state index contributed by atoms with van der Waals surface area (Å²) in [7, 11) is 0. The number of aliphatic hydroxyl groups is 1. The average Bonchev–Trinajstić information content (AvgIpc) is 3.13. The van der Waals surface area contributed by atoms with E-state index >= 15 is 0 Å². The number of carboxylic acid groups (broad SMARTS) is 2. The Labute approximate surface area is 167 Å². The van der Waals surface area contributed by atoms with Crippen molar-refractivity contribution in [3.63, 3.8) is 0 Å². The van der Waals surface area contributed by atoms with E-state index in [0.29, 0.717) is 6.42 Å². The van der Waals surface area contributed by atoms with Gasteiger partial charge < -0.3 is 36.6 Å². The Morgan fingerprint density at radius 1 is 1.10 bits per heavy atom. The van der Waals surface area contributed by atoms with Crippen molar-refractivity contribution in [1.29, 1.82) is 0 Å². The van der Waals surface area contributed by atoms with Gasteiger partial charge in [0.15, 0.2) is 0 Å². The van der Waals surface area contributed by atoms with E-state index < -0.39 is 66.4 Å². The second kappa shape index (κ2) is 10.7. The van der Waals surface area contributed by atoms with E-state index in [0.717, 1.165) is 4.90 Å². The standard InChI is InChI=1S/C17H28N4O8/c1-8(19-15(26)13(18)9(2)22)14(25)20-10(5-6-12(23)24)16(27)21-7-3-4-11(21)17(28)29/h8-11,13,22H,3-7,18H2,1-2H3,(H,19,26)(H,20,25)(H,23,24)(H,28,29). The first-order valence-corrected chi connectivity index (χ1v) is 9.25. The number of aliphatic hydroxyl groups excluding tert-OH is 1. The van der Waals surface area contributed by atoms with Crippen LogP contribution in [0.1, 0.15) is 39.5 Å². The number of carbonyl (C=O) groups is 5. The van der Waals surface area contributed by atoms with Crippen molar-refractivity contribution >= 4 is 29.7 Å². The van der Waals surface area contributed by atoms with Gasteiger partial charge in [0.25, 0.3) is 0 Å². The highest BCUT2D eigenvalue weighted by atomic mass is 16.4. The Balaban J connectivity index is 2.85. The van der Waals surface area contributed by atoms with Crippen molar-refractivity contribution in [2.24, 2.45) is 5.73 Å². The molecule has 1 aliphatic rings. The fourth-order valence-corrected chi connectivity index (χ4v) is 2.90. The zero-order chi connectivity index (χ0) is 22.3. The minimum Gasteiger partial charge on any atom is -0.481 e. The van der Waals surface area contributed by atoms with Gasteiger partial charge >= 0.3 is 11.9 Å². The molecule has 1 aliphatic heterocycles. The first-order chi connectivity index (χ1) is 13.5. The van der Waals surface area contributed by atoms with Gasteiger partial charge in [0.2, 0.25) is 17.7 Å². The van der Waals surface area contributed by atoms with Crippen LogP contribution in [-0.2, 0) is 24.0 Å². The van der Waals surface area contributed by atoms with E-state index in [1.807, 2.05) is 0 Å². The van der Waals surface area contributed by atoms with E-state index in [9.17, 15) is 34.2 Å². The zero-order valence-corrected chi connectivity index (χ0v) is 16.3. The number of hydrogen-bond donors (Lipinski definition) is 6. The molecule has 0 radical (unpaired) electrons. The molecule has 7 N–H and O–H groups in total. The number of nitrogens with two attached hydrogens (primary N) is 1. The topological polar surface area (TPSA) is 199 Å². The molecule has 0 aromatic heterocycles. The van der Waals surface area contributed by atoms with Gasteiger partial charge in [0, 0.05) is 13.0 Å². The number of carbonyl (C=O) groups excluding carboxylic acids is 3. The molecule has 1 saturated heterocycles. The molecule has 1 fully saturated rings. The lowest BCUT2D eigenvalue weighted by Crippen LogP contribution is -2.57. The van der Waals surface area contributed by atoms with Crippen molar-refractivity contribution in [3.8, 4) is 0 Å². The molecule has 29 heavy (non-hydrogen) atoms. The van der Waals surface area contributed by atoms with Gasteiger partial charge in [0.1, 0.15) is 24.2 Å². The van der Waals surface area contributed by atoms with Gasteiger partial charge in [-0.15, -0.1) is 0 Å². The van der Waals surface area contributed by atoms with E-state index in [1.54, 1.807) is 0 Å². The number of amides is 3. The van der Waals surface area contributed by atoms with Crippen LogP contribution < -0.4 is 16.4 Å². The van der Waals surface area contributed by atoms with Crippen molar-refractivity contribution in [2.75, 3.05) is 6.54 Å². The molecule has 3 amide bonds. The maximum absolute atomic E-state index is 12.8. The molecule has 164 valence electrons. The van der Waals surface area contributed by atoms with Gasteiger partial charge in [-0.2, -0.15) is 0 Å². The SMILES string of the molecule is CC(NC(=O)C(N)C(C)O)C(=O)NC(CCC(=O)O)C(=O)N1CCCC1C(=O)O. The van der Waals surface area contributed by atoms with Crippen LogP contribution in [0.3, 0.4) is 0 Å². The summed E-state index contributed by atoms with van der Waals surface area (Å²) in [5.41, 5.74) is 5.49. The maximum atomic E-state index is 12.8. The molecule has 1 heterocycles. The smallest absolute Gasteiger partial charge is 0.326 e. The third-order valence-corrected chi connectivity index (χ3v) is 4.66. The van der Waals surface area contributed by atoms with Crippen molar-refractivity contribution < 1.29 is 39.3 Å². The Hall–Kier alpha value is -2.73. The lowest BCUT2D eigenvalue weighted by molar-refractivity contribution is -0.150. The van der Waals surface area contributed by atoms with E-state index in [2.05, 4.69) is 10.6 Å². The minimum atomic E-state index is -1.26. The predicted octanol–water partition coefficient (Wildman–Crippen LogP) is -2.38. The molecular formula is C17H28N4O8. The predicted molar refractivity (Wildman–Crippen MR) is 98.4 cm³/mol. The fourth-order valence-electron chi connectivity index (χ4n) is 2.90. The van der Waals surface area contributed by atoms with Crippen LogP contribution in [0.5, 0.6) is 0 Å². The number of likely N-dealkylation sites (tertiary alicyclic amines) is 1. The Kier molecular flexibility index (Phi) is 8.98. The molecule has 0 aromatic carbocycles. The quantitative estimate of drug-likeness (QED) is 0.225. The van der Waals surface area contributed by atoms with Crippen molar-refractivity contribution in [3.05, 3.63) is 0 Å². The van der Waals surface area contributed by atoms with Crippen LogP contribution in [0.2, 0.25) is 0 Å². The van der Waals surface area contributed by atoms with Crippen LogP contribution in [-0.4, -0.2) is 86.7 Å². The van der Waals surface area contributed by atoms with Gasteiger partial charge in [-0.3, -0.25) is 19.2 Å². The molecule has 0 aromatic rings. The lowest BCUT2D eigenvalue weighted by Gasteiger charge is -2.28. The Morgan fingerprint density at radius 3 is 2.24 bits per heavy atom. The Morgan fingerprint density at radius 2 is 1.72 bits per heavy atom. The Bertz CT molecular complexity index is 653. The molecule has 0 bridgehead atoms. The van der Waals surface area contributed by atoms with Crippen LogP contribution >= 0.6 is 0 Å². The summed E-state index contributed by atoms with van der Waals surface area (Å²) in [6, 6.07) is -4.67. The first kappa shape index (κ1) is 24.3. The number of rotatable bonds is 10. The summed E-state index contributed by atoms with van der Waals surface area (Å²) < 4.78 is 0. The van der Waals surface area contributed by atoms with Crippen LogP contribution in [0.4, 0.5) is 0 Å². The average molecular weight is 416 g/mol. The summed E-state index contributed by atoms with van der Waals surface area (Å²) >= 11 is 0. The maximum Gasteiger partial charge on any atom is 0.326 e. The van der Waals surface area contributed by atoms with Gasteiger partial charge in [-0.05, 0) is 33.1 Å². The number of hydrogen-bond acceptors (Lipinski definition) is 7. The third-order valence-electron chi connectivity index (χ3n) is 4.66. The normalized spacial score (nSPS) is 20.3. The first-order valence-electron chi connectivity index (χ1n) is 9.25. The molecule has 5 atom stereocenters. The van der Waals surface area contributed by atoms with Crippen LogP contribution in [0, 0.1) is 0 Å². The highest BCUT2D eigenvalue weighted by Crippen LogP contribution is 2.19. The second-order valence-corrected chi connectivity index (χ2v) is 7.02. The molecule has 5 unspecified atom stereocenters.